The highest BCUT2D eigenvalue weighted by atomic mass is 16.5. The summed E-state index contributed by atoms with van der Waals surface area (Å²) >= 11 is 0. The van der Waals surface area contributed by atoms with Crippen molar-refractivity contribution in [1.29, 1.82) is 0 Å². The Morgan fingerprint density at radius 3 is 2.88 bits per heavy atom. The van der Waals surface area contributed by atoms with Gasteiger partial charge in [-0.25, -0.2) is 0 Å². The maximum absolute atomic E-state index is 5.28. The molecule has 1 saturated carbocycles. The fraction of sp³-hybridized carbons (Fsp3) is 0.714. The van der Waals surface area contributed by atoms with Crippen molar-refractivity contribution in [3.05, 3.63) is 0 Å². The minimum absolute atomic E-state index is 0.208. The van der Waals surface area contributed by atoms with Gasteiger partial charge in [0.05, 0.1) is 18.6 Å². The molecular weight excluding hydrogens is 100 g/mol. The van der Waals surface area contributed by atoms with Crippen LogP contribution in [-0.2, 0) is 4.74 Å². The average Bonchev–Trinajstić information content (AvgIpc) is 2.38. The average molecular weight is 108 g/mol. The summed E-state index contributed by atoms with van der Waals surface area (Å²) in [5, 5.41) is 0. The lowest BCUT2D eigenvalue weighted by Gasteiger charge is -1.96. The lowest BCUT2D eigenvalue weighted by Crippen LogP contribution is -1.99. The molecule has 42 valence electrons. The van der Waals surface area contributed by atoms with E-state index in [1.54, 1.807) is 0 Å². The molecule has 1 aliphatic carbocycles. The van der Waals surface area contributed by atoms with Gasteiger partial charge in [-0.3, -0.25) is 0 Å². The number of terminal acetylenes is 1. The lowest BCUT2D eigenvalue weighted by atomic mass is 10.1. The zero-order chi connectivity index (χ0) is 5.61. The van der Waals surface area contributed by atoms with Gasteiger partial charge in [0.25, 0.3) is 0 Å². The van der Waals surface area contributed by atoms with Gasteiger partial charge >= 0.3 is 0 Å². The van der Waals surface area contributed by atoms with Gasteiger partial charge in [0.1, 0.15) is 0 Å². The second-order valence-electron chi connectivity index (χ2n) is 2.72. The van der Waals surface area contributed by atoms with Crippen molar-refractivity contribution in [1.82, 2.24) is 0 Å². The highest BCUT2D eigenvalue weighted by molar-refractivity contribution is 5.22. The van der Waals surface area contributed by atoms with E-state index in [2.05, 4.69) is 5.92 Å². The van der Waals surface area contributed by atoms with Crippen LogP contribution in [0.4, 0.5) is 0 Å². The van der Waals surface area contributed by atoms with Crippen LogP contribution in [0.25, 0.3) is 0 Å². The van der Waals surface area contributed by atoms with Crippen molar-refractivity contribution in [2.75, 3.05) is 13.2 Å². The van der Waals surface area contributed by atoms with Gasteiger partial charge in [-0.05, 0) is 6.42 Å². The molecule has 2 fully saturated rings. The summed E-state index contributed by atoms with van der Waals surface area (Å²) in [5.74, 6) is 3.50. The number of hydrogen-bond donors (Lipinski definition) is 0. The Kier molecular flexibility index (Phi) is 0.598. The molecule has 8 heavy (non-hydrogen) atoms. The molecule has 0 spiro atoms. The van der Waals surface area contributed by atoms with Gasteiger partial charge in [0.15, 0.2) is 0 Å². The Morgan fingerprint density at radius 2 is 2.62 bits per heavy atom. The quantitative estimate of drug-likeness (QED) is 0.414. The smallest absolute Gasteiger partial charge is 0.0635 e. The molecule has 1 nitrogen and oxygen atoms in total. The second-order valence-corrected chi connectivity index (χ2v) is 2.72. The standard InChI is InChI=1S/C7H8O/c1-2-7-3-6(7)4-8-5-7/h1,6H,3-5H2/t6-,7-/m1/s1. The van der Waals surface area contributed by atoms with Gasteiger partial charge in [0.2, 0.25) is 0 Å². The molecule has 2 aliphatic rings. The summed E-state index contributed by atoms with van der Waals surface area (Å²) in [7, 11) is 0. The van der Waals surface area contributed by atoms with Crippen molar-refractivity contribution < 1.29 is 4.74 Å². The first-order valence-corrected chi connectivity index (χ1v) is 2.93. The van der Waals surface area contributed by atoms with Crippen molar-refractivity contribution in [3.63, 3.8) is 0 Å². The van der Waals surface area contributed by atoms with E-state index in [0.717, 1.165) is 13.2 Å². The van der Waals surface area contributed by atoms with Gasteiger partial charge < -0.3 is 4.74 Å². The van der Waals surface area contributed by atoms with E-state index >= 15 is 0 Å². The number of rotatable bonds is 0. The zero-order valence-corrected chi connectivity index (χ0v) is 4.68. The summed E-state index contributed by atoms with van der Waals surface area (Å²) in [6.07, 6.45) is 6.49. The van der Waals surface area contributed by atoms with Crippen molar-refractivity contribution in [2.24, 2.45) is 11.3 Å². The van der Waals surface area contributed by atoms with Crippen LogP contribution < -0.4 is 0 Å². The van der Waals surface area contributed by atoms with Gasteiger partial charge in [-0.1, -0.05) is 5.92 Å². The molecule has 1 saturated heterocycles. The fourth-order valence-electron chi connectivity index (χ4n) is 1.38. The molecule has 2 rings (SSSR count). The lowest BCUT2D eigenvalue weighted by molar-refractivity contribution is 0.157. The highest BCUT2D eigenvalue weighted by Gasteiger charge is 2.57. The summed E-state index contributed by atoms with van der Waals surface area (Å²) in [5.41, 5.74) is 0.208. The predicted molar refractivity (Wildman–Crippen MR) is 30.2 cm³/mol. The minimum atomic E-state index is 0.208. The van der Waals surface area contributed by atoms with Crippen LogP contribution >= 0.6 is 0 Å². The molecule has 2 atom stereocenters. The predicted octanol–water partition coefficient (Wildman–Crippen LogP) is 0.656. The number of ether oxygens (including phenoxy) is 1. The molecule has 0 radical (unpaired) electrons. The van der Waals surface area contributed by atoms with Crippen LogP contribution in [0.3, 0.4) is 0 Å². The van der Waals surface area contributed by atoms with E-state index in [4.69, 9.17) is 11.2 Å². The Bertz CT molecular complexity index is 156. The zero-order valence-electron chi connectivity index (χ0n) is 4.68. The van der Waals surface area contributed by atoms with Gasteiger partial charge in [-0.15, -0.1) is 6.42 Å². The molecule has 1 heteroatoms. The normalized spacial score (nSPS) is 50.1. The summed E-state index contributed by atoms with van der Waals surface area (Å²) < 4.78 is 5.16. The first kappa shape index (κ1) is 4.40. The molecular formula is C7H8O. The van der Waals surface area contributed by atoms with E-state index in [0.29, 0.717) is 5.92 Å². The van der Waals surface area contributed by atoms with Gasteiger partial charge in [0, 0.05) is 5.92 Å². The number of fused-ring (bicyclic) bond motifs is 1. The molecule has 0 aromatic carbocycles. The Labute approximate surface area is 49.0 Å². The maximum atomic E-state index is 5.28. The topological polar surface area (TPSA) is 9.23 Å². The summed E-state index contributed by atoms with van der Waals surface area (Å²) in [6, 6.07) is 0. The van der Waals surface area contributed by atoms with E-state index in [1.807, 2.05) is 0 Å². The van der Waals surface area contributed by atoms with Crippen LogP contribution in [0, 0.1) is 23.7 Å². The number of hydrogen-bond acceptors (Lipinski definition) is 1. The maximum Gasteiger partial charge on any atom is 0.0635 e. The molecule has 0 aromatic rings. The van der Waals surface area contributed by atoms with Crippen LogP contribution in [0.15, 0.2) is 0 Å². The van der Waals surface area contributed by atoms with E-state index < -0.39 is 0 Å². The Morgan fingerprint density at radius 1 is 1.75 bits per heavy atom. The monoisotopic (exact) mass is 108 g/mol. The third-order valence-corrected chi connectivity index (χ3v) is 2.20. The van der Waals surface area contributed by atoms with Crippen LogP contribution in [0.2, 0.25) is 0 Å². The third-order valence-electron chi connectivity index (χ3n) is 2.20. The molecule has 0 bridgehead atoms. The van der Waals surface area contributed by atoms with Crippen molar-refractivity contribution in [3.8, 4) is 12.3 Å². The SMILES string of the molecule is C#C[C@@]12COC[C@H]1C2. The van der Waals surface area contributed by atoms with Crippen LogP contribution in [0.5, 0.6) is 0 Å². The molecule has 1 aliphatic heterocycles. The highest BCUT2D eigenvalue weighted by Crippen LogP contribution is 2.56. The fourth-order valence-corrected chi connectivity index (χ4v) is 1.38. The first-order chi connectivity index (χ1) is 3.87. The first-order valence-electron chi connectivity index (χ1n) is 2.93. The molecule has 0 amide bonds. The third kappa shape index (κ3) is 0.329. The molecule has 0 aromatic heterocycles. The van der Waals surface area contributed by atoms with E-state index in [-0.39, 0.29) is 5.41 Å². The van der Waals surface area contributed by atoms with Crippen molar-refractivity contribution in [2.45, 2.75) is 6.42 Å². The largest absolute Gasteiger partial charge is 0.380 e. The minimum Gasteiger partial charge on any atom is -0.380 e. The van der Waals surface area contributed by atoms with E-state index in [1.165, 1.54) is 6.42 Å². The Balaban J connectivity index is 2.22. The summed E-state index contributed by atoms with van der Waals surface area (Å²) in [4.78, 5) is 0. The van der Waals surface area contributed by atoms with E-state index in [9.17, 15) is 0 Å². The Hall–Kier alpha value is -0.480. The molecule has 1 heterocycles. The molecule has 0 N–H and O–H groups in total. The van der Waals surface area contributed by atoms with Crippen molar-refractivity contribution >= 4 is 0 Å². The second kappa shape index (κ2) is 1.09. The van der Waals surface area contributed by atoms with Crippen LogP contribution in [-0.4, -0.2) is 13.2 Å². The summed E-state index contributed by atoms with van der Waals surface area (Å²) in [6.45, 7) is 1.72. The molecule has 0 unspecified atom stereocenters. The van der Waals surface area contributed by atoms with Crippen LogP contribution in [0.1, 0.15) is 6.42 Å². The van der Waals surface area contributed by atoms with Gasteiger partial charge in [-0.2, -0.15) is 0 Å².